The highest BCUT2D eigenvalue weighted by atomic mass is 15.2. The van der Waals surface area contributed by atoms with Crippen molar-refractivity contribution in [1.82, 2.24) is 0 Å². The maximum absolute atomic E-state index is 2.36. The molecule has 0 spiro atoms. The quantitative estimate of drug-likeness (QED) is 0.121. The van der Waals surface area contributed by atoms with E-state index in [1.54, 1.807) is 0 Å². The van der Waals surface area contributed by atoms with Crippen LogP contribution in [-0.4, -0.2) is 0 Å². The third kappa shape index (κ3) is 8.83. The lowest BCUT2D eigenvalue weighted by Gasteiger charge is -2.30. The zero-order valence-corrected chi connectivity index (χ0v) is 39.2. The first-order valence-electron chi connectivity index (χ1n) is 24.3. The van der Waals surface area contributed by atoms with E-state index in [4.69, 9.17) is 0 Å². The molecule has 4 heteroatoms. The molecule has 11 aromatic rings. The van der Waals surface area contributed by atoms with Crippen LogP contribution in [0.15, 0.2) is 285 Å². The summed E-state index contributed by atoms with van der Waals surface area (Å²) < 4.78 is 0. The zero-order valence-electron chi connectivity index (χ0n) is 39.2. The smallest absolute Gasteiger partial charge is 0.0468 e. The van der Waals surface area contributed by atoms with Crippen molar-refractivity contribution in [2.45, 2.75) is 6.42 Å². The van der Waals surface area contributed by atoms with Crippen molar-refractivity contribution in [3.8, 4) is 0 Å². The summed E-state index contributed by atoms with van der Waals surface area (Å²) in [5, 5.41) is 7.31. The summed E-state index contributed by atoms with van der Waals surface area (Å²) in [5.74, 6) is 0. The molecule has 0 bridgehead atoms. The van der Waals surface area contributed by atoms with Crippen molar-refractivity contribution in [1.29, 1.82) is 0 Å². The van der Waals surface area contributed by atoms with Crippen LogP contribution in [0.1, 0.15) is 6.42 Å². The Kier molecular flexibility index (Phi) is 11.7. The van der Waals surface area contributed by atoms with Crippen LogP contribution in [0.4, 0.5) is 62.6 Å². The Balaban J connectivity index is 0.961. The minimum atomic E-state index is 0.842. The van der Waals surface area contributed by atoms with Gasteiger partial charge in [-0.25, -0.2) is 0 Å². The first-order valence-corrected chi connectivity index (χ1v) is 24.3. The van der Waals surface area contributed by atoms with Gasteiger partial charge < -0.3 is 19.6 Å². The van der Waals surface area contributed by atoms with Gasteiger partial charge in [-0.3, -0.25) is 0 Å². The molecule has 11 aromatic carbocycles. The van der Waals surface area contributed by atoms with E-state index in [1.807, 2.05) is 0 Å². The molecule has 1 aliphatic carbocycles. The summed E-state index contributed by atoms with van der Waals surface area (Å²) in [6.45, 7) is 0. The number of hydrogen-bond acceptors (Lipinski definition) is 4. The van der Waals surface area contributed by atoms with Crippen molar-refractivity contribution >= 4 is 96.3 Å². The first kappa shape index (κ1) is 42.9. The van der Waals surface area contributed by atoms with Crippen LogP contribution in [-0.2, 0) is 0 Å². The molecule has 0 radical (unpaired) electrons. The number of allylic oxidation sites excluding steroid dienone is 2. The number of nitrogens with zero attached hydrogens (tertiary/aromatic N) is 4. The number of rotatable bonds is 12. The molecule has 4 nitrogen and oxygen atoms in total. The van der Waals surface area contributed by atoms with Gasteiger partial charge in [0.2, 0.25) is 0 Å². The second-order valence-electron chi connectivity index (χ2n) is 17.8. The Morgan fingerprint density at radius 2 is 0.507 bits per heavy atom. The summed E-state index contributed by atoms with van der Waals surface area (Å²) in [6, 6.07) is 98.0. The van der Waals surface area contributed by atoms with Crippen LogP contribution in [0.25, 0.3) is 33.7 Å². The van der Waals surface area contributed by atoms with Gasteiger partial charge in [-0.1, -0.05) is 152 Å². The molecule has 71 heavy (non-hydrogen) atoms. The number of hydrogen-bond donors (Lipinski definition) is 0. The number of para-hydroxylation sites is 3. The molecular weight excluding hydrogens is 861 g/mol. The normalized spacial score (nSPS) is 11.9. The van der Waals surface area contributed by atoms with Crippen molar-refractivity contribution in [3.05, 3.63) is 295 Å². The summed E-state index contributed by atoms with van der Waals surface area (Å²) >= 11 is 0. The Morgan fingerprint density at radius 1 is 0.211 bits per heavy atom. The maximum Gasteiger partial charge on any atom is 0.0468 e. The van der Waals surface area contributed by atoms with Crippen LogP contribution in [0.2, 0.25) is 0 Å². The van der Waals surface area contributed by atoms with Gasteiger partial charge >= 0.3 is 0 Å². The van der Waals surface area contributed by atoms with Gasteiger partial charge in [0.1, 0.15) is 0 Å². The minimum Gasteiger partial charge on any atom is -0.311 e. The summed E-state index contributed by atoms with van der Waals surface area (Å²) in [6.07, 6.45) is 7.78. The molecule has 0 aliphatic heterocycles. The average Bonchev–Trinajstić information content (AvgIpc) is 3.66. The standard InChI is InChI=1S/C67H50N4/c1-4-24-56(25-5-1)69(65-30-16-23-50-17-10-13-20-53(50)47-65)62-41-35-59(36-42-62)68(60-37-43-63(44-38-60)70(57-26-6-2-7-27-57)66-33-31-51-18-11-14-21-54(51)48-66)61-39-45-64(46-40-61)71(58-28-8-3-9-29-58)67-34-32-52-19-12-15-22-55(52)49-67/h1-15,17-49H,16H2. The number of benzene rings is 11. The maximum atomic E-state index is 2.36. The van der Waals surface area contributed by atoms with E-state index in [-0.39, 0.29) is 0 Å². The summed E-state index contributed by atoms with van der Waals surface area (Å²) in [5.41, 5.74) is 13.0. The molecule has 1 aliphatic rings. The highest BCUT2D eigenvalue weighted by molar-refractivity contribution is 5.92. The third-order valence-electron chi connectivity index (χ3n) is 13.3. The largest absolute Gasteiger partial charge is 0.311 e. The number of fused-ring (bicyclic) bond motifs is 3. The Hall–Kier alpha value is -9.38. The molecule has 0 saturated heterocycles. The van der Waals surface area contributed by atoms with Gasteiger partial charge in [0.25, 0.3) is 0 Å². The van der Waals surface area contributed by atoms with E-state index < -0.39 is 0 Å². The Morgan fingerprint density at radius 3 is 0.930 bits per heavy atom. The SMILES string of the molecule is C1=C(N(c2ccccc2)c2ccc(N(c3ccc(N(c4ccccc4)c4ccc5ccccc5c4)cc3)c3ccc(N(c4ccccc4)c4ccc5ccccc5c4)cc3)cc2)C=c2ccccc2=CC1. The molecule has 12 rings (SSSR count). The molecule has 338 valence electrons. The van der Waals surface area contributed by atoms with Crippen LogP contribution in [0.3, 0.4) is 0 Å². The van der Waals surface area contributed by atoms with Crippen molar-refractivity contribution < 1.29 is 0 Å². The number of anilines is 11. The second-order valence-corrected chi connectivity index (χ2v) is 17.8. The summed E-state index contributed by atoms with van der Waals surface area (Å²) in [7, 11) is 0. The van der Waals surface area contributed by atoms with Gasteiger partial charge in [-0.2, -0.15) is 0 Å². The molecule has 0 unspecified atom stereocenters. The minimum absolute atomic E-state index is 0.842. The van der Waals surface area contributed by atoms with Crippen LogP contribution in [0, 0.1) is 0 Å². The second kappa shape index (κ2) is 19.3. The van der Waals surface area contributed by atoms with Crippen LogP contribution >= 0.6 is 0 Å². The molecule has 0 fully saturated rings. The molecule has 0 amide bonds. The third-order valence-corrected chi connectivity index (χ3v) is 13.3. The van der Waals surface area contributed by atoms with E-state index in [2.05, 4.69) is 311 Å². The van der Waals surface area contributed by atoms with Gasteiger partial charge in [0.05, 0.1) is 0 Å². The fourth-order valence-electron chi connectivity index (χ4n) is 9.91. The van der Waals surface area contributed by atoms with Gasteiger partial charge in [0.15, 0.2) is 0 Å². The van der Waals surface area contributed by atoms with Crippen molar-refractivity contribution in [2.24, 2.45) is 0 Å². The highest BCUT2D eigenvalue weighted by Crippen LogP contribution is 2.43. The summed E-state index contributed by atoms with van der Waals surface area (Å²) in [4.78, 5) is 9.40. The van der Waals surface area contributed by atoms with Gasteiger partial charge in [-0.05, 0) is 178 Å². The fourth-order valence-corrected chi connectivity index (χ4v) is 9.91. The van der Waals surface area contributed by atoms with Crippen LogP contribution < -0.4 is 30.0 Å². The van der Waals surface area contributed by atoms with Gasteiger partial charge in [-0.15, -0.1) is 0 Å². The fraction of sp³-hybridized carbons (Fsp3) is 0.0149. The molecule has 0 saturated carbocycles. The predicted octanol–water partition coefficient (Wildman–Crippen LogP) is 17.1. The Bertz CT molecular complexity index is 3610. The lowest BCUT2D eigenvalue weighted by Crippen LogP contribution is -2.25. The van der Waals surface area contributed by atoms with Crippen molar-refractivity contribution in [2.75, 3.05) is 19.6 Å². The molecule has 0 N–H and O–H groups in total. The first-order chi connectivity index (χ1) is 35.2. The zero-order chi connectivity index (χ0) is 47.3. The van der Waals surface area contributed by atoms with Gasteiger partial charge in [0, 0.05) is 68.3 Å². The average molecular weight is 911 g/mol. The van der Waals surface area contributed by atoms with E-state index in [1.165, 1.54) is 32.0 Å². The lowest BCUT2D eigenvalue weighted by molar-refractivity contribution is 1.20. The van der Waals surface area contributed by atoms with Crippen molar-refractivity contribution in [3.63, 3.8) is 0 Å². The van der Waals surface area contributed by atoms with E-state index >= 15 is 0 Å². The molecule has 0 heterocycles. The molecule has 0 atom stereocenters. The van der Waals surface area contributed by atoms with E-state index in [0.717, 1.165) is 74.7 Å². The highest BCUT2D eigenvalue weighted by Gasteiger charge is 2.20. The molecular formula is C67H50N4. The van der Waals surface area contributed by atoms with E-state index in [0.29, 0.717) is 0 Å². The lowest BCUT2D eigenvalue weighted by atomic mass is 10.1. The molecule has 0 aromatic heterocycles. The van der Waals surface area contributed by atoms with Crippen LogP contribution in [0.5, 0.6) is 0 Å². The van der Waals surface area contributed by atoms with E-state index in [9.17, 15) is 0 Å². The predicted molar refractivity (Wildman–Crippen MR) is 301 cm³/mol. The topological polar surface area (TPSA) is 13.0 Å². The monoisotopic (exact) mass is 910 g/mol. The Labute approximate surface area is 415 Å².